The van der Waals surface area contributed by atoms with E-state index in [1.54, 1.807) is 0 Å². The third-order valence-corrected chi connectivity index (χ3v) is 3.00. The van der Waals surface area contributed by atoms with E-state index in [0.29, 0.717) is 18.7 Å². The van der Waals surface area contributed by atoms with Gasteiger partial charge < -0.3 is 10.1 Å². The molecule has 0 radical (unpaired) electrons. The van der Waals surface area contributed by atoms with Gasteiger partial charge in [-0.05, 0) is 13.3 Å². The molecule has 1 rings (SSSR count). The topological polar surface area (TPSA) is 21.3 Å². The van der Waals surface area contributed by atoms with Crippen LogP contribution in [0, 0.1) is 17.8 Å². The molecule has 0 aromatic heterocycles. The van der Waals surface area contributed by atoms with Gasteiger partial charge in [-0.1, -0.05) is 19.8 Å². The molecule has 0 spiro atoms. The lowest BCUT2D eigenvalue weighted by molar-refractivity contribution is -0.113. The zero-order chi connectivity index (χ0) is 9.90. The molecule has 1 N–H and O–H groups in total. The first kappa shape index (κ1) is 10.6. The van der Waals surface area contributed by atoms with Crippen LogP contribution in [0.2, 0.25) is 0 Å². The van der Waals surface area contributed by atoms with Crippen LogP contribution in [0.25, 0.3) is 0 Å². The fourth-order valence-electron chi connectivity index (χ4n) is 1.90. The van der Waals surface area contributed by atoms with E-state index in [1.165, 1.54) is 0 Å². The van der Waals surface area contributed by atoms with Gasteiger partial charge in [-0.3, -0.25) is 0 Å². The Kier molecular flexibility index (Phi) is 3.35. The molecule has 74 valence electrons. The van der Waals surface area contributed by atoms with Crippen molar-refractivity contribution in [2.75, 3.05) is 13.2 Å². The van der Waals surface area contributed by atoms with E-state index in [4.69, 9.17) is 11.2 Å². The van der Waals surface area contributed by atoms with Crippen LogP contribution in [-0.2, 0) is 4.74 Å². The number of nitrogens with one attached hydrogen (secondary N) is 1. The van der Waals surface area contributed by atoms with Gasteiger partial charge in [-0.25, -0.2) is 0 Å². The van der Waals surface area contributed by atoms with Crippen molar-refractivity contribution in [1.29, 1.82) is 0 Å². The summed E-state index contributed by atoms with van der Waals surface area (Å²) < 4.78 is 5.61. The molecule has 0 aliphatic heterocycles. The highest BCUT2D eigenvalue weighted by Gasteiger charge is 2.48. The molecule has 0 amide bonds. The van der Waals surface area contributed by atoms with E-state index in [1.807, 2.05) is 6.92 Å². The van der Waals surface area contributed by atoms with Crippen LogP contribution >= 0.6 is 0 Å². The minimum Gasteiger partial charge on any atom is -0.378 e. The number of ether oxygens (including phenoxy) is 1. The lowest BCUT2D eigenvalue weighted by Gasteiger charge is -2.51. The molecule has 0 aromatic rings. The van der Waals surface area contributed by atoms with E-state index in [2.05, 4.69) is 25.1 Å². The van der Waals surface area contributed by atoms with E-state index >= 15 is 0 Å². The summed E-state index contributed by atoms with van der Waals surface area (Å²) in [4.78, 5) is 0. The molecule has 1 aliphatic carbocycles. The molecule has 0 aromatic carbocycles. The fraction of sp³-hybridized carbons (Fsp3) is 0.818. The van der Waals surface area contributed by atoms with Gasteiger partial charge in [0.15, 0.2) is 0 Å². The molecule has 1 saturated carbocycles. The molecule has 1 fully saturated rings. The fourth-order valence-corrected chi connectivity index (χ4v) is 1.90. The van der Waals surface area contributed by atoms with Crippen molar-refractivity contribution in [3.63, 3.8) is 0 Å². The molecule has 2 heteroatoms. The molecule has 0 heterocycles. The quantitative estimate of drug-likeness (QED) is 0.662. The molecule has 1 aliphatic rings. The normalized spacial score (nSPS) is 30.6. The first-order chi connectivity index (χ1) is 6.12. The van der Waals surface area contributed by atoms with Gasteiger partial charge in [0.2, 0.25) is 0 Å². The second kappa shape index (κ2) is 4.13. The Bertz CT molecular complexity index is 205. The van der Waals surface area contributed by atoms with Gasteiger partial charge >= 0.3 is 0 Å². The van der Waals surface area contributed by atoms with Crippen LogP contribution in [0.15, 0.2) is 0 Å². The van der Waals surface area contributed by atoms with Crippen LogP contribution in [0.5, 0.6) is 0 Å². The highest BCUT2D eigenvalue weighted by Crippen LogP contribution is 2.42. The standard InChI is InChI=1S/C11H19NO/c1-5-7-12-9-8-10(13-6-2)11(9,3)4/h1,9-10,12H,6-8H2,2-4H3. The molecule has 13 heavy (non-hydrogen) atoms. The summed E-state index contributed by atoms with van der Waals surface area (Å²) in [5.41, 5.74) is 0.229. The Hall–Kier alpha value is -0.520. The summed E-state index contributed by atoms with van der Waals surface area (Å²) in [7, 11) is 0. The number of hydrogen-bond donors (Lipinski definition) is 1. The second-order valence-electron chi connectivity index (χ2n) is 4.14. The Morgan fingerprint density at radius 1 is 1.62 bits per heavy atom. The van der Waals surface area contributed by atoms with Crippen molar-refractivity contribution in [3.8, 4) is 12.3 Å². The zero-order valence-corrected chi connectivity index (χ0v) is 8.76. The smallest absolute Gasteiger partial charge is 0.0655 e. The number of rotatable bonds is 4. The van der Waals surface area contributed by atoms with Crippen molar-refractivity contribution < 1.29 is 4.74 Å². The summed E-state index contributed by atoms with van der Waals surface area (Å²) >= 11 is 0. The lowest BCUT2D eigenvalue weighted by atomic mass is 9.64. The van der Waals surface area contributed by atoms with Gasteiger partial charge in [0.25, 0.3) is 0 Å². The molecule has 2 nitrogen and oxygen atoms in total. The van der Waals surface area contributed by atoms with Crippen LogP contribution in [-0.4, -0.2) is 25.3 Å². The predicted octanol–water partition coefficient (Wildman–Crippen LogP) is 1.41. The average Bonchev–Trinajstić information content (AvgIpc) is 2.10. The Balaban J connectivity index is 2.36. The van der Waals surface area contributed by atoms with Crippen molar-refractivity contribution in [2.24, 2.45) is 5.41 Å². The zero-order valence-electron chi connectivity index (χ0n) is 8.76. The van der Waals surface area contributed by atoms with Gasteiger partial charge in [0.05, 0.1) is 12.6 Å². The van der Waals surface area contributed by atoms with Crippen molar-refractivity contribution in [3.05, 3.63) is 0 Å². The first-order valence-electron chi connectivity index (χ1n) is 4.91. The van der Waals surface area contributed by atoms with Gasteiger partial charge in [0, 0.05) is 18.1 Å². The van der Waals surface area contributed by atoms with Gasteiger partial charge in [-0.2, -0.15) is 0 Å². The van der Waals surface area contributed by atoms with Gasteiger partial charge in [-0.15, -0.1) is 6.42 Å². The van der Waals surface area contributed by atoms with E-state index in [-0.39, 0.29) is 5.41 Å². The predicted molar refractivity (Wildman–Crippen MR) is 54.4 cm³/mol. The molecular formula is C11H19NO. The Morgan fingerprint density at radius 2 is 2.31 bits per heavy atom. The number of hydrogen-bond acceptors (Lipinski definition) is 2. The maximum Gasteiger partial charge on any atom is 0.0655 e. The molecule has 2 unspecified atom stereocenters. The lowest BCUT2D eigenvalue weighted by Crippen LogP contribution is -2.60. The summed E-state index contributed by atoms with van der Waals surface area (Å²) in [5, 5.41) is 3.33. The highest BCUT2D eigenvalue weighted by molar-refractivity contribution is 5.04. The Morgan fingerprint density at radius 3 is 2.77 bits per heavy atom. The Labute approximate surface area is 81.0 Å². The molecule has 0 saturated heterocycles. The maximum atomic E-state index is 5.61. The molecule has 2 atom stereocenters. The van der Waals surface area contributed by atoms with Crippen molar-refractivity contribution >= 4 is 0 Å². The van der Waals surface area contributed by atoms with Crippen molar-refractivity contribution in [2.45, 2.75) is 39.3 Å². The van der Waals surface area contributed by atoms with E-state index in [0.717, 1.165) is 13.0 Å². The SMILES string of the molecule is C#CCNC1CC(OCC)C1(C)C. The monoisotopic (exact) mass is 181 g/mol. The van der Waals surface area contributed by atoms with Crippen LogP contribution in [0.1, 0.15) is 27.2 Å². The van der Waals surface area contributed by atoms with Crippen LogP contribution in [0.3, 0.4) is 0 Å². The minimum atomic E-state index is 0.229. The van der Waals surface area contributed by atoms with E-state index < -0.39 is 0 Å². The first-order valence-corrected chi connectivity index (χ1v) is 4.91. The van der Waals surface area contributed by atoms with Crippen LogP contribution in [0.4, 0.5) is 0 Å². The largest absolute Gasteiger partial charge is 0.378 e. The maximum absolute atomic E-state index is 5.61. The highest BCUT2D eigenvalue weighted by atomic mass is 16.5. The third-order valence-electron chi connectivity index (χ3n) is 3.00. The third kappa shape index (κ3) is 2.04. The number of terminal acetylenes is 1. The summed E-state index contributed by atoms with van der Waals surface area (Å²) in [6.45, 7) is 7.96. The summed E-state index contributed by atoms with van der Waals surface area (Å²) in [6.07, 6.45) is 6.68. The van der Waals surface area contributed by atoms with Crippen LogP contribution < -0.4 is 5.32 Å². The molecular weight excluding hydrogens is 162 g/mol. The van der Waals surface area contributed by atoms with Gasteiger partial charge in [0.1, 0.15) is 0 Å². The average molecular weight is 181 g/mol. The molecule has 0 bridgehead atoms. The van der Waals surface area contributed by atoms with E-state index in [9.17, 15) is 0 Å². The second-order valence-corrected chi connectivity index (χ2v) is 4.14. The summed E-state index contributed by atoms with van der Waals surface area (Å²) in [6, 6.07) is 0.514. The van der Waals surface area contributed by atoms with Crippen molar-refractivity contribution in [1.82, 2.24) is 5.32 Å². The minimum absolute atomic E-state index is 0.229. The summed E-state index contributed by atoms with van der Waals surface area (Å²) in [5.74, 6) is 2.60.